The van der Waals surface area contributed by atoms with E-state index in [0.717, 1.165) is 36.8 Å². The van der Waals surface area contributed by atoms with Crippen LogP contribution in [0.3, 0.4) is 0 Å². The van der Waals surface area contributed by atoms with Gasteiger partial charge in [-0.15, -0.1) is 0 Å². The minimum absolute atomic E-state index is 0.0608. The largest absolute Gasteiger partial charge is 0.347 e. The highest BCUT2D eigenvalue weighted by Crippen LogP contribution is 2.55. The van der Waals surface area contributed by atoms with Crippen molar-refractivity contribution in [1.29, 1.82) is 0 Å². The average Bonchev–Trinajstić information content (AvgIpc) is 1.68. The van der Waals surface area contributed by atoms with Gasteiger partial charge >= 0.3 is 0 Å². The normalized spacial score (nSPS) is 27.3. The van der Waals surface area contributed by atoms with Gasteiger partial charge in [-0.05, 0) is 106 Å². The van der Waals surface area contributed by atoms with Crippen molar-refractivity contribution in [3.63, 3.8) is 0 Å². The monoisotopic (exact) mass is 1270 g/mol. The van der Waals surface area contributed by atoms with E-state index in [2.05, 4.69) is 10.6 Å². The van der Waals surface area contributed by atoms with Gasteiger partial charge in [-0.1, -0.05) is 88.9 Å². The van der Waals surface area contributed by atoms with E-state index in [1.54, 1.807) is 13.1 Å². The number of carbonyl (C=O) groups excluding carboxylic acids is 12. The fourth-order valence-corrected chi connectivity index (χ4v) is 14.0. The Morgan fingerprint density at radius 2 is 1.30 bits per heavy atom. The zero-order valence-corrected chi connectivity index (χ0v) is 56.5. The molecule has 7 atom stereocenters. The maximum absolute atomic E-state index is 15.4. The Kier molecular flexibility index (Phi) is 23.0. The van der Waals surface area contributed by atoms with E-state index in [1.165, 1.54) is 105 Å². The summed E-state index contributed by atoms with van der Waals surface area (Å²) < 4.78 is 0. The third kappa shape index (κ3) is 16.3. The summed E-state index contributed by atoms with van der Waals surface area (Å²) in [4.78, 5) is 190. The van der Waals surface area contributed by atoms with Gasteiger partial charge in [-0.25, -0.2) is 0 Å². The molecule has 7 rings (SSSR count). The number of likely N-dealkylation sites (N-methyl/N-ethyl adjacent to an activating group) is 8. The van der Waals surface area contributed by atoms with E-state index in [-0.39, 0.29) is 62.9 Å². The van der Waals surface area contributed by atoms with E-state index in [0.29, 0.717) is 38.5 Å². The lowest BCUT2D eigenvalue weighted by Gasteiger charge is -2.51. The lowest BCUT2D eigenvalue weighted by molar-refractivity contribution is -0.165. The van der Waals surface area contributed by atoms with Crippen LogP contribution in [0.2, 0.25) is 0 Å². The predicted molar refractivity (Wildman–Crippen MR) is 341 cm³/mol. The minimum Gasteiger partial charge on any atom is -0.347 e. The van der Waals surface area contributed by atoms with Crippen molar-refractivity contribution in [1.82, 2.24) is 59.6 Å². The van der Waals surface area contributed by atoms with Crippen LogP contribution in [-0.4, -0.2) is 264 Å². The molecule has 3 saturated carbocycles. The van der Waals surface area contributed by atoms with Crippen LogP contribution in [0.4, 0.5) is 0 Å². The van der Waals surface area contributed by atoms with E-state index in [1.807, 2.05) is 65.0 Å². The molecule has 24 nitrogen and oxygen atoms in total. The molecule has 502 valence electrons. The first-order valence-corrected chi connectivity index (χ1v) is 32.7. The summed E-state index contributed by atoms with van der Waals surface area (Å²) in [5.74, 6) is -7.17. The third-order valence-corrected chi connectivity index (χ3v) is 20.2. The number of carbonyl (C=O) groups is 12. The summed E-state index contributed by atoms with van der Waals surface area (Å²) in [6.07, 6.45) is 10.2. The van der Waals surface area contributed by atoms with Crippen LogP contribution in [0, 0.1) is 23.7 Å². The molecular weight excluding hydrogens is 1160 g/mol. The van der Waals surface area contributed by atoms with Gasteiger partial charge in [-0.3, -0.25) is 57.5 Å². The molecule has 0 radical (unpaired) electrons. The quantitative estimate of drug-likeness (QED) is 0.374. The third-order valence-electron chi connectivity index (χ3n) is 20.2. The molecule has 6 aliphatic rings. The van der Waals surface area contributed by atoms with Crippen LogP contribution >= 0.6 is 0 Å². The molecule has 3 aliphatic carbocycles. The highest BCUT2D eigenvalue weighted by atomic mass is 16.2. The highest BCUT2D eigenvalue weighted by molar-refractivity contribution is 6.01. The molecule has 1 aromatic rings. The topological polar surface area (TPSA) is 261 Å². The van der Waals surface area contributed by atoms with Gasteiger partial charge in [0.05, 0.1) is 26.1 Å². The summed E-state index contributed by atoms with van der Waals surface area (Å²) in [5, 5.41) is 5.67. The standard InChI is InChI=1S/C67H102N12O12/c1-15-22-46-57(84)69-56(45-23-18-19-24-45)63(90)72(9)41-55(83)74(11)47-25-17-16-20-34-78(62(47)89)49(35-44-28-26-43(2)27-29-44)59(86)71(8)40-52(80)68-39-54(82)79-42-66(32-33-66)38-51(79)61(88)77(14)67(30-21-31-67)64(91)76(13)50(37-65(3,4)5)60(87)75(12)48(58(85)70(6)7)36-53(81)73(46)10/h16-17,26-29,45-51,56H,15,18-25,30-42H2,1-14H3,(H,68,80)(H,69,84). The van der Waals surface area contributed by atoms with Crippen molar-refractivity contribution in [2.45, 2.75) is 192 Å². The second-order valence-electron chi connectivity index (χ2n) is 28.4. The first-order valence-electron chi connectivity index (χ1n) is 32.7. The van der Waals surface area contributed by atoms with Crippen LogP contribution in [-0.2, 0) is 64.0 Å². The molecule has 0 aromatic heterocycles. The van der Waals surface area contributed by atoms with Crippen LogP contribution in [0.25, 0.3) is 0 Å². The lowest BCUT2D eigenvalue weighted by Crippen LogP contribution is -2.68. The summed E-state index contributed by atoms with van der Waals surface area (Å²) in [5.41, 5.74) is -0.576. The van der Waals surface area contributed by atoms with Crippen molar-refractivity contribution in [2.24, 2.45) is 16.7 Å². The Morgan fingerprint density at radius 1 is 0.659 bits per heavy atom. The van der Waals surface area contributed by atoms with Gasteiger partial charge in [0.15, 0.2) is 0 Å². The second kappa shape index (κ2) is 29.5. The number of nitrogens with zero attached hydrogens (tertiary/aromatic N) is 10. The number of fused-ring (bicyclic) bond motifs is 3. The van der Waals surface area contributed by atoms with Crippen molar-refractivity contribution in [3.05, 3.63) is 47.5 Å². The number of nitrogens with one attached hydrogen (secondary N) is 2. The number of benzene rings is 1. The van der Waals surface area contributed by atoms with Crippen LogP contribution < -0.4 is 10.6 Å². The summed E-state index contributed by atoms with van der Waals surface area (Å²) >= 11 is 0. The second-order valence-corrected chi connectivity index (χ2v) is 28.4. The van der Waals surface area contributed by atoms with Gasteiger partial charge in [0.2, 0.25) is 70.9 Å². The first-order chi connectivity index (χ1) is 42.8. The van der Waals surface area contributed by atoms with Gasteiger partial charge in [0.1, 0.15) is 47.8 Å². The number of hydrogen-bond acceptors (Lipinski definition) is 12. The molecule has 24 heteroatoms. The number of rotatable bonds is 7. The molecule has 7 unspecified atom stereocenters. The molecule has 3 heterocycles. The number of hydrogen-bond donors (Lipinski definition) is 2. The van der Waals surface area contributed by atoms with Crippen molar-refractivity contribution in [3.8, 4) is 0 Å². The summed E-state index contributed by atoms with van der Waals surface area (Å²) in [6.45, 7) is 8.39. The van der Waals surface area contributed by atoms with Crippen molar-refractivity contribution in [2.75, 3.05) is 96.2 Å². The molecule has 1 aromatic carbocycles. The molecule has 2 saturated heterocycles. The zero-order chi connectivity index (χ0) is 67.2. The molecule has 5 fully saturated rings. The minimum atomic E-state index is -1.40. The van der Waals surface area contributed by atoms with E-state index < -0.39 is 150 Å². The smallest absolute Gasteiger partial charge is 0.248 e. The zero-order valence-electron chi connectivity index (χ0n) is 56.5. The molecular formula is C67H102N12O12. The van der Waals surface area contributed by atoms with Gasteiger partial charge in [0.25, 0.3) is 0 Å². The Hall–Kier alpha value is -7.40. The molecule has 2 spiro atoms. The summed E-state index contributed by atoms with van der Waals surface area (Å²) in [6, 6.07) is -0.555. The van der Waals surface area contributed by atoms with Gasteiger partial charge in [-0.2, -0.15) is 0 Å². The fourth-order valence-electron chi connectivity index (χ4n) is 14.0. The molecule has 2 N–H and O–H groups in total. The fraction of sp³-hybridized carbons (Fsp3) is 0.701. The van der Waals surface area contributed by atoms with Crippen molar-refractivity contribution >= 4 is 70.9 Å². The van der Waals surface area contributed by atoms with Gasteiger partial charge in [0, 0.05) is 82.9 Å². The van der Waals surface area contributed by atoms with Crippen LogP contribution in [0.1, 0.15) is 142 Å². The highest BCUT2D eigenvalue weighted by Gasteiger charge is 2.59. The molecule has 12 amide bonds. The number of aryl methyl sites for hydroxylation is 1. The molecule has 3 aliphatic heterocycles. The van der Waals surface area contributed by atoms with E-state index in [9.17, 15) is 38.4 Å². The van der Waals surface area contributed by atoms with Gasteiger partial charge < -0.3 is 59.6 Å². The maximum Gasteiger partial charge on any atom is 0.248 e. The van der Waals surface area contributed by atoms with E-state index in [4.69, 9.17) is 0 Å². The van der Waals surface area contributed by atoms with Crippen LogP contribution in [0.15, 0.2) is 36.4 Å². The Morgan fingerprint density at radius 3 is 1.88 bits per heavy atom. The number of amides is 12. The molecule has 2 bridgehead atoms. The Labute approximate surface area is 538 Å². The first kappa shape index (κ1) is 71.0. The average molecular weight is 1270 g/mol. The molecule has 91 heavy (non-hydrogen) atoms. The Balaban J connectivity index is 1.26. The summed E-state index contributed by atoms with van der Waals surface area (Å²) in [7, 11) is 13.3. The lowest BCUT2D eigenvalue weighted by atomic mass is 9.73. The SMILES string of the molecule is CCCC1C(=O)NC(C2CCCC2)C(=O)N(C)CC(=O)N(C)C2CC=CCCN(C2=O)C(Cc2ccc(C)cc2)C(=O)N(C)CC(=O)NCC(=O)N2CC3(CC3)CC2C(=O)N(C)C2(CCC2)C(=O)N(C)C(CC(C)(C)C)C(=O)N(C)C(C(=O)N(C)C)CC(=O)N1C. The predicted octanol–water partition coefficient (Wildman–Crippen LogP) is 2.59. The van der Waals surface area contributed by atoms with Crippen molar-refractivity contribution < 1.29 is 57.5 Å². The van der Waals surface area contributed by atoms with Crippen LogP contribution in [0.5, 0.6) is 0 Å². The maximum atomic E-state index is 15.4. The van der Waals surface area contributed by atoms with E-state index >= 15 is 19.2 Å². The Bertz CT molecular complexity index is 2950.